The number of carbonyl (C=O) groups excluding carboxylic acids is 1. The van der Waals surface area contributed by atoms with Gasteiger partial charge in [0.15, 0.2) is 5.82 Å². The highest BCUT2D eigenvalue weighted by Gasteiger charge is 2.08. The maximum Gasteiger partial charge on any atom is 0.251 e. The van der Waals surface area contributed by atoms with Crippen LogP contribution >= 0.6 is 0 Å². The number of hydrogen-bond acceptors (Lipinski definition) is 5. The molecule has 0 saturated carbocycles. The number of rotatable bonds is 8. The first kappa shape index (κ1) is 20.3. The molecule has 2 aromatic carbocycles. The first-order valence-electron chi connectivity index (χ1n) is 10.2. The van der Waals surface area contributed by atoms with Crippen molar-refractivity contribution in [3.05, 3.63) is 107 Å². The van der Waals surface area contributed by atoms with Gasteiger partial charge in [-0.25, -0.2) is 0 Å². The van der Waals surface area contributed by atoms with Crippen molar-refractivity contribution in [2.45, 2.75) is 26.3 Å². The Balaban J connectivity index is 1.33. The minimum atomic E-state index is -0.167. The fourth-order valence-electron chi connectivity index (χ4n) is 3.21. The number of furan rings is 1. The fraction of sp³-hybridized carbons (Fsp3) is 0.160. The van der Waals surface area contributed by atoms with Crippen molar-refractivity contribution < 1.29 is 9.21 Å². The van der Waals surface area contributed by atoms with Crippen molar-refractivity contribution in [2.75, 3.05) is 5.32 Å². The summed E-state index contributed by atoms with van der Waals surface area (Å²) in [5, 5.41) is 14.6. The largest absolute Gasteiger partial charge is 0.465 e. The molecule has 0 aliphatic carbocycles. The third-order valence-electron chi connectivity index (χ3n) is 4.85. The molecule has 4 aromatic rings. The summed E-state index contributed by atoms with van der Waals surface area (Å²) in [7, 11) is 0. The number of aromatic nitrogens is 2. The molecule has 2 N–H and O–H groups in total. The number of nitrogens with one attached hydrogen (secondary N) is 2. The van der Waals surface area contributed by atoms with Crippen LogP contribution in [0.3, 0.4) is 0 Å². The highest BCUT2D eigenvalue weighted by atomic mass is 16.3. The molecule has 0 saturated heterocycles. The van der Waals surface area contributed by atoms with E-state index in [0.717, 1.165) is 35.7 Å². The molecule has 6 nitrogen and oxygen atoms in total. The first-order chi connectivity index (χ1) is 15.2. The molecule has 0 unspecified atom stereocenters. The summed E-state index contributed by atoms with van der Waals surface area (Å²) < 4.78 is 5.48. The van der Waals surface area contributed by atoms with Crippen LogP contribution in [0.15, 0.2) is 83.3 Å². The summed E-state index contributed by atoms with van der Waals surface area (Å²) >= 11 is 0. The first-order valence-corrected chi connectivity index (χ1v) is 10.2. The Morgan fingerprint density at radius 1 is 0.903 bits per heavy atom. The normalized spacial score (nSPS) is 10.6. The predicted molar refractivity (Wildman–Crippen MR) is 120 cm³/mol. The molecule has 0 aliphatic rings. The Kier molecular flexibility index (Phi) is 6.38. The molecule has 0 spiro atoms. The molecule has 0 atom stereocenters. The van der Waals surface area contributed by atoms with Crippen molar-refractivity contribution in [1.82, 2.24) is 15.5 Å². The average Bonchev–Trinajstić information content (AvgIpc) is 3.23. The fourth-order valence-corrected chi connectivity index (χ4v) is 3.21. The molecule has 0 radical (unpaired) electrons. The second-order valence-electron chi connectivity index (χ2n) is 7.30. The van der Waals surface area contributed by atoms with Crippen LogP contribution in [0.1, 0.15) is 33.1 Å². The van der Waals surface area contributed by atoms with Crippen LogP contribution in [0, 0.1) is 6.92 Å². The molecule has 6 heteroatoms. The zero-order valence-corrected chi connectivity index (χ0v) is 17.3. The monoisotopic (exact) mass is 412 g/mol. The van der Waals surface area contributed by atoms with Gasteiger partial charge in [-0.15, -0.1) is 5.10 Å². The number of nitrogens with zero attached hydrogens (tertiary/aromatic N) is 2. The molecular weight excluding hydrogens is 388 g/mol. The van der Waals surface area contributed by atoms with Crippen LogP contribution in [0.25, 0.3) is 0 Å². The van der Waals surface area contributed by atoms with Gasteiger partial charge in [-0.1, -0.05) is 36.4 Å². The van der Waals surface area contributed by atoms with E-state index in [2.05, 4.69) is 33.0 Å². The lowest BCUT2D eigenvalue weighted by molar-refractivity contribution is 0.0948. The van der Waals surface area contributed by atoms with Crippen molar-refractivity contribution in [3.63, 3.8) is 0 Å². The van der Waals surface area contributed by atoms with E-state index in [9.17, 15) is 4.79 Å². The minimum Gasteiger partial charge on any atom is -0.465 e. The van der Waals surface area contributed by atoms with Gasteiger partial charge in [0, 0.05) is 11.3 Å². The number of amides is 1. The van der Waals surface area contributed by atoms with E-state index in [-0.39, 0.29) is 5.91 Å². The van der Waals surface area contributed by atoms with Crippen LogP contribution < -0.4 is 10.6 Å². The molecule has 156 valence electrons. The number of carbonyl (C=O) groups is 1. The van der Waals surface area contributed by atoms with E-state index in [1.807, 2.05) is 61.5 Å². The second kappa shape index (κ2) is 9.71. The smallest absolute Gasteiger partial charge is 0.251 e. The van der Waals surface area contributed by atoms with Crippen LogP contribution in [-0.2, 0) is 19.4 Å². The highest BCUT2D eigenvalue weighted by Crippen LogP contribution is 2.16. The molecule has 0 bridgehead atoms. The molecule has 4 rings (SSSR count). The molecule has 0 fully saturated rings. The molecule has 0 aliphatic heterocycles. The lowest BCUT2D eigenvalue weighted by Crippen LogP contribution is -2.22. The number of hydrogen-bond donors (Lipinski definition) is 2. The van der Waals surface area contributed by atoms with Crippen LogP contribution in [0.4, 0.5) is 11.5 Å². The summed E-state index contributed by atoms with van der Waals surface area (Å²) in [5.41, 5.74) is 3.55. The molecule has 1 amide bonds. The van der Waals surface area contributed by atoms with Crippen molar-refractivity contribution in [3.8, 4) is 0 Å². The van der Waals surface area contributed by atoms with Crippen LogP contribution in [0.2, 0.25) is 0 Å². The molecule has 31 heavy (non-hydrogen) atoms. The lowest BCUT2D eigenvalue weighted by atomic mass is 10.1. The van der Waals surface area contributed by atoms with E-state index >= 15 is 0 Å². The zero-order chi connectivity index (χ0) is 21.5. The van der Waals surface area contributed by atoms with E-state index in [4.69, 9.17) is 4.42 Å². The summed E-state index contributed by atoms with van der Waals surface area (Å²) in [4.78, 5) is 12.5. The van der Waals surface area contributed by atoms with E-state index in [1.54, 1.807) is 12.1 Å². The van der Waals surface area contributed by atoms with Gasteiger partial charge in [0.1, 0.15) is 11.5 Å². The SMILES string of the molecule is Cc1ccc(CNC(=O)c2cccc(Nc3ccc(CCc4ccccc4)nn3)c2)o1. The van der Waals surface area contributed by atoms with E-state index in [0.29, 0.717) is 17.9 Å². The summed E-state index contributed by atoms with van der Waals surface area (Å²) in [5.74, 6) is 2.01. The predicted octanol–water partition coefficient (Wildman–Crippen LogP) is 4.84. The second-order valence-corrected chi connectivity index (χ2v) is 7.30. The van der Waals surface area contributed by atoms with Gasteiger partial charge in [0.2, 0.25) is 0 Å². The van der Waals surface area contributed by atoms with E-state index in [1.165, 1.54) is 5.56 Å². The van der Waals surface area contributed by atoms with E-state index < -0.39 is 0 Å². The Morgan fingerprint density at radius 3 is 2.52 bits per heavy atom. The molecular formula is C25H24N4O2. The maximum atomic E-state index is 12.5. The highest BCUT2D eigenvalue weighted by molar-refractivity contribution is 5.95. The zero-order valence-electron chi connectivity index (χ0n) is 17.3. The minimum absolute atomic E-state index is 0.167. The summed E-state index contributed by atoms with van der Waals surface area (Å²) in [6.07, 6.45) is 1.76. The van der Waals surface area contributed by atoms with Gasteiger partial charge in [-0.3, -0.25) is 4.79 Å². The summed E-state index contributed by atoms with van der Waals surface area (Å²) in [6.45, 7) is 2.22. The van der Waals surface area contributed by atoms with Gasteiger partial charge in [0.05, 0.1) is 12.2 Å². The van der Waals surface area contributed by atoms with Crippen LogP contribution in [-0.4, -0.2) is 16.1 Å². The van der Waals surface area contributed by atoms with Gasteiger partial charge < -0.3 is 15.1 Å². The Morgan fingerprint density at radius 2 is 1.77 bits per heavy atom. The number of benzene rings is 2. The van der Waals surface area contributed by atoms with Crippen LogP contribution in [0.5, 0.6) is 0 Å². The quantitative estimate of drug-likeness (QED) is 0.433. The van der Waals surface area contributed by atoms with Gasteiger partial charge in [0.25, 0.3) is 5.91 Å². The molecule has 2 aromatic heterocycles. The number of anilines is 2. The Hall–Kier alpha value is -3.93. The lowest BCUT2D eigenvalue weighted by Gasteiger charge is -2.08. The summed E-state index contributed by atoms with van der Waals surface area (Å²) in [6, 6.07) is 25.2. The standard InChI is InChI=1S/C25H24N4O2/c1-18-10-14-23(31-18)17-26-25(30)20-8-5-9-22(16-20)27-24-15-13-21(28-29-24)12-11-19-6-3-2-4-7-19/h2-10,13-16H,11-12,17H2,1H3,(H,26,30)(H,27,29). The van der Waals surface area contributed by atoms with Crippen molar-refractivity contribution in [1.29, 1.82) is 0 Å². The third kappa shape index (κ3) is 5.79. The van der Waals surface area contributed by atoms with Gasteiger partial charge in [-0.05, 0) is 67.8 Å². The molecule has 2 heterocycles. The number of aryl methyl sites for hydroxylation is 3. The van der Waals surface area contributed by atoms with Crippen molar-refractivity contribution in [2.24, 2.45) is 0 Å². The van der Waals surface area contributed by atoms with Crippen molar-refractivity contribution >= 4 is 17.4 Å². The average molecular weight is 412 g/mol. The Labute approximate surface area is 181 Å². The maximum absolute atomic E-state index is 12.5. The Bertz CT molecular complexity index is 1140. The third-order valence-corrected chi connectivity index (χ3v) is 4.85. The topological polar surface area (TPSA) is 80.0 Å². The van der Waals surface area contributed by atoms with Gasteiger partial charge in [-0.2, -0.15) is 5.10 Å². The van der Waals surface area contributed by atoms with Gasteiger partial charge >= 0.3 is 0 Å².